The van der Waals surface area contributed by atoms with Crippen molar-refractivity contribution in [2.24, 2.45) is 11.5 Å². The lowest BCUT2D eigenvalue weighted by Crippen LogP contribution is -1.93. The van der Waals surface area contributed by atoms with Gasteiger partial charge >= 0.3 is 0 Å². The lowest BCUT2D eigenvalue weighted by molar-refractivity contribution is 1.24. The van der Waals surface area contributed by atoms with Gasteiger partial charge in [0.2, 0.25) is 0 Å². The molecule has 7 heavy (non-hydrogen) atoms. The third-order valence-corrected chi connectivity index (χ3v) is 0.471. The summed E-state index contributed by atoms with van der Waals surface area (Å²) in [5.74, 6) is 0. The van der Waals surface area contributed by atoms with E-state index in [4.69, 9.17) is 11.5 Å². The van der Waals surface area contributed by atoms with Crippen LogP contribution in [0.5, 0.6) is 0 Å². The van der Waals surface area contributed by atoms with Gasteiger partial charge in [-0.1, -0.05) is 0 Å². The van der Waals surface area contributed by atoms with Crippen LogP contribution in [0.2, 0.25) is 0 Å². The smallest absolute Gasteiger partial charge is 0.0182 e. The van der Waals surface area contributed by atoms with Gasteiger partial charge in [-0.25, -0.2) is 0 Å². The summed E-state index contributed by atoms with van der Waals surface area (Å²) < 4.78 is 0. The van der Waals surface area contributed by atoms with Crippen LogP contribution >= 0.6 is 0 Å². The van der Waals surface area contributed by atoms with Crippen molar-refractivity contribution in [1.29, 1.82) is 0 Å². The summed E-state index contributed by atoms with van der Waals surface area (Å²) in [6.45, 7) is 1.08. The van der Waals surface area contributed by atoms with Crippen LogP contribution < -0.4 is 11.5 Å². The first-order chi connectivity index (χ1) is 3.41. The molecule has 0 rings (SSSR count). The van der Waals surface area contributed by atoms with Gasteiger partial charge in [-0.3, -0.25) is 0 Å². The molecule has 0 atom stereocenters. The van der Waals surface area contributed by atoms with Gasteiger partial charge in [0.05, 0.1) is 0 Å². The topological polar surface area (TPSA) is 52.0 Å². The summed E-state index contributed by atoms with van der Waals surface area (Å²) >= 11 is 0. The zero-order valence-corrected chi connectivity index (χ0v) is 4.22. The third-order valence-electron chi connectivity index (χ3n) is 0.471. The molecule has 0 fully saturated rings. The van der Waals surface area contributed by atoms with E-state index >= 15 is 0 Å². The number of hydrogen-bond donors (Lipinski definition) is 2. The number of nitrogens with two attached hydrogens (primary N) is 2. The average Bonchev–Trinajstić information content (AvgIpc) is 1.69. The van der Waals surface area contributed by atoms with Crippen molar-refractivity contribution in [2.75, 3.05) is 13.1 Å². The van der Waals surface area contributed by atoms with Crippen LogP contribution in [0.1, 0.15) is 0 Å². The van der Waals surface area contributed by atoms with E-state index in [9.17, 15) is 0 Å². The normalized spacial score (nSPS) is 7.14. The van der Waals surface area contributed by atoms with Crippen molar-refractivity contribution in [3.05, 3.63) is 17.9 Å². The van der Waals surface area contributed by atoms with E-state index in [1.54, 1.807) is 12.2 Å². The predicted molar refractivity (Wildman–Crippen MR) is 30.8 cm³/mol. The van der Waals surface area contributed by atoms with Gasteiger partial charge in [-0.2, -0.15) is 0 Å². The van der Waals surface area contributed by atoms with Gasteiger partial charge < -0.3 is 11.5 Å². The number of hydrogen-bond acceptors (Lipinski definition) is 2. The van der Waals surface area contributed by atoms with Gasteiger partial charge in [0.1, 0.15) is 0 Å². The largest absolute Gasteiger partial charge is 0.326 e. The fourth-order valence-corrected chi connectivity index (χ4v) is 0.219. The van der Waals surface area contributed by atoms with Gasteiger partial charge in [0.15, 0.2) is 0 Å². The van der Waals surface area contributed by atoms with Gasteiger partial charge in [-0.15, -0.1) is 5.73 Å². The van der Waals surface area contributed by atoms with Crippen LogP contribution in [-0.4, -0.2) is 13.1 Å². The lowest BCUT2D eigenvalue weighted by atomic mass is 10.5. The maximum Gasteiger partial charge on any atom is 0.0182 e. The van der Waals surface area contributed by atoms with Crippen molar-refractivity contribution in [1.82, 2.24) is 0 Å². The first-order valence-electron chi connectivity index (χ1n) is 2.21. The molecule has 0 heterocycles. The highest BCUT2D eigenvalue weighted by atomic mass is 14.5. The highest BCUT2D eigenvalue weighted by molar-refractivity contribution is 4.85. The third kappa shape index (κ3) is 5.44. The zero-order valence-electron chi connectivity index (χ0n) is 4.22. The minimum atomic E-state index is 0.538. The highest BCUT2D eigenvalue weighted by Crippen LogP contribution is 1.58. The molecular weight excluding hydrogens is 88.1 g/mol. The van der Waals surface area contributed by atoms with Gasteiger partial charge in [0, 0.05) is 13.1 Å². The molecule has 0 aliphatic carbocycles. The molecule has 0 saturated carbocycles. The minimum absolute atomic E-state index is 0.538. The Morgan fingerprint density at radius 1 is 1.14 bits per heavy atom. The van der Waals surface area contributed by atoms with Gasteiger partial charge in [-0.05, 0) is 12.2 Å². The highest BCUT2D eigenvalue weighted by Gasteiger charge is 1.56. The van der Waals surface area contributed by atoms with Crippen molar-refractivity contribution < 1.29 is 0 Å². The molecule has 0 amide bonds. The van der Waals surface area contributed by atoms with E-state index in [1.165, 1.54) is 0 Å². The second kappa shape index (κ2) is 5.44. The zero-order chi connectivity index (χ0) is 5.54. The number of rotatable bonds is 2. The summed E-state index contributed by atoms with van der Waals surface area (Å²) in [4.78, 5) is 0. The first kappa shape index (κ1) is 6.44. The quantitative estimate of drug-likeness (QED) is 0.462. The van der Waals surface area contributed by atoms with E-state index < -0.39 is 0 Å². The molecule has 0 spiro atoms. The van der Waals surface area contributed by atoms with Crippen molar-refractivity contribution in [3.63, 3.8) is 0 Å². The Labute approximate surface area is 43.5 Å². The molecule has 0 aromatic carbocycles. The molecule has 0 aromatic heterocycles. The summed E-state index contributed by atoms with van der Waals surface area (Å²) in [5, 5.41) is 0. The van der Waals surface area contributed by atoms with E-state index in [0.29, 0.717) is 13.1 Å². The Morgan fingerprint density at radius 3 is 1.86 bits per heavy atom. The second-order valence-electron chi connectivity index (χ2n) is 1.05. The van der Waals surface area contributed by atoms with Crippen LogP contribution in [0.25, 0.3) is 0 Å². The Hall–Kier alpha value is -0.560. The Kier molecular flexibility index (Phi) is 5.00. The summed E-state index contributed by atoms with van der Waals surface area (Å²) in [6.07, 6.45) is 3.46. The van der Waals surface area contributed by atoms with Crippen LogP contribution in [0.3, 0.4) is 0 Å². The molecule has 0 aliphatic rings. The molecular formula is C5H10N2. The second-order valence-corrected chi connectivity index (χ2v) is 1.05. The maximum absolute atomic E-state index is 5.09. The van der Waals surface area contributed by atoms with E-state index in [1.807, 2.05) is 0 Å². The first-order valence-corrected chi connectivity index (χ1v) is 2.21. The molecule has 0 unspecified atom stereocenters. The van der Waals surface area contributed by atoms with Crippen molar-refractivity contribution in [2.45, 2.75) is 0 Å². The van der Waals surface area contributed by atoms with Crippen LogP contribution in [0, 0.1) is 0 Å². The molecule has 2 heteroatoms. The molecule has 0 radical (unpaired) electrons. The van der Waals surface area contributed by atoms with E-state index in [0.717, 1.165) is 0 Å². The van der Waals surface area contributed by atoms with Crippen LogP contribution in [0.4, 0.5) is 0 Å². The molecule has 0 bridgehead atoms. The van der Waals surface area contributed by atoms with Crippen LogP contribution in [-0.2, 0) is 0 Å². The monoisotopic (exact) mass is 98.1 g/mol. The molecule has 40 valence electrons. The van der Waals surface area contributed by atoms with E-state index in [2.05, 4.69) is 5.73 Å². The molecule has 0 aromatic rings. The summed E-state index contributed by atoms with van der Waals surface area (Å²) in [7, 11) is 0. The predicted octanol–water partition coefficient (Wildman–Crippen LogP) is -0.385. The Balaban J connectivity index is 3.21. The molecule has 2 nitrogen and oxygen atoms in total. The average molecular weight is 98.1 g/mol. The van der Waals surface area contributed by atoms with E-state index in [-0.39, 0.29) is 0 Å². The summed E-state index contributed by atoms with van der Waals surface area (Å²) in [6, 6.07) is 0. The Bertz CT molecular complexity index is 72.1. The van der Waals surface area contributed by atoms with Crippen LogP contribution in [0.15, 0.2) is 17.9 Å². The fraction of sp³-hybridized carbons (Fsp3) is 0.400. The van der Waals surface area contributed by atoms with Gasteiger partial charge in [0.25, 0.3) is 0 Å². The molecule has 0 saturated heterocycles. The SMILES string of the molecule is NCC=C=CCN. The standard InChI is InChI=1S/C5H10N2/c6-4-2-1-3-5-7/h2-3H,4-7H2. The van der Waals surface area contributed by atoms with Crippen molar-refractivity contribution in [3.8, 4) is 0 Å². The summed E-state index contributed by atoms with van der Waals surface area (Å²) in [5.41, 5.74) is 13.0. The molecule has 4 N–H and O–H groups in total. The maximum atomic E-state index is 5.09. The Morgan fingerprint density at radius 2 is 1.57 bits per heavy atom. The minimum Gasteiger partial charge on any atom is -0.326 e. The lowest BCUT2D eigenvalue weighted by Gasteiger charge is -1.69. The molecule has 0 aliphatic heterocycles. The fourth-order valence-electron chi connectivity index (χ4n) is 0.219. The van der Waals surface area contributed by atoms with Crippen molar-refractivity contribution >= 4 is 0 Å².